The fourth-order valence-corrected chi connectivity index (χ4v) is 3.40. The van der Waals surface area contributed by atoms with E-state index in [1.807, 2.05) is 6.07 Å². The molecule has 0 aliphatic heterocycles. The van der Waals surface area contributed by atoms with Crippen molar-refractivity contribution in [1.82, 2.24) is 10.3 Å². The number of aromatic nitrogens is 1. The van der Waals surface area contributed by atoms with E-state index in [2.05, 4.69) is 56.0 Å². The first-order chi connectivity index (χ1) is 8.08. The highest BCUT2D eigenvalue weighted by atomic mass is 79.9. The second-order valence-electron chi connectivity index (χ2n) is 3.90. The Morgan fingerprint density at radius 2 is 2.24 bits per heavy atom. The van der Waals surface area contributed by atoms with Gasteiger partial charge in [0.25, 0.3) is 0 Å². The molecular formula is C11H12Br2N2OS. The Balaban J connectivity index is 2.24. The van der Waals surface area contributed by atoms with Gasteiger partial charge >= 0.3 is 0 Å². The number of halogens is 2. The lowest BCUT2D eigenvalue weighted by Gasteiger charge is -2.05. The van der Waals surface area contributed by atoms with Gasteiger partial charge in [-0.2, -0.15) is 0 Å². The zero-order valence-corrected chi connectivity index (χ0v) is 13.4. The van der Waals surface area contributed by atoms with Crippen LogP contribution in [0, 0.1) is 0 Å². The molecule has 2 rings (SSSR count). The lowest BCUT2D eigenvalue weighted by Crippen LogP contribution is -2.22. The van der Waals surface area contributed by atoms with Crippen LogP contribution in [0.1, 0.15) is 19.5 Å². The number of thiophene rings is 1. The van der Waals surface area contributed by atoms with Crippen molar-refractivity contribution >= 4 is 43.2 Å². The van der Waals surface area contributed by atoms with Crippen molar-refractivity contribution in [3.05, 3.63) is 26.4 Å². The summed E-state index contributed by atoms with van der Waals surface area (Å²) in [5.74, 6) is 0.842. The van der Waals surface area contributed by atoms with Crippen LogP contribution >= 0.6 is 43.2 Å². The largest absolute Gasteiger partial charge is 0.442 e. The Hall–Kier alpha value is -0.170. The summed E-state index contributed by atoms with van der Waals surface area (Å²) in [5, 5.41) is 3.34. The highest BCUT2D eigenvalue weighted by Crippen LogP contribution is 2.39. The standard InChI is InChI=1S/C11H12Br2N2OS/c1-6(2)14-4-8-10(16-5-15-8)9-3-7(12)11(13)17-9/h3,5-6,14H,4H2,1-2H3. The summed E-state index contributed by atoms with van der Waals surface area (Å²) in [4.78, 5) is 5.32. The molecule has 0 radical (unpaired) electrons. The number of rotatable bonds is 4. The van der Waals surface area contributed by atoms with Gasteiger partial charge in [0.05, 0.1) is 8.66 Å². The van der Waals surface area contributed by atoms with E-state index in [0.29, 0.717) is 6.04 Å². The van der Waals surface area contributed by atoms with E-state index in [4.69, 9.17) is 4.42 Å². The summed E-state index contributed by atoms with van der Waals surface area (Å²) in [7, 11) is 0. The minimum Gasteiger partial charge on any atom is -0.442 e. The molecule has 0 aromatic carbocycles. The maximum absolute atomic E-state index is 5.47. The molecule has 0 amide bonds. The first-order valence-corrected chi connectivity index (χ1v) is 7.59. The molecule has 2 aromatic rings. The fraction of sp³-hybridized carbons (Fsp3) is 0.364. The zero-order valence-electron chi connectivity index (χ0n) is 9.46. The molecule has 0 unspecified atom stereocenters. The van der Waals surface area contributed by atoms with Crippen molar-refractivity contribution in [2.75, 3.05) is 0 Å². The molecule has 0 aliphatic rings. The van der Waals surface area contributed by atoms with Crippen LogP contribution in [0.25, 0.3) is 10.6 Å². The van der Waals surface area contributed by atoms with Crippen LogP contribution < -0.4 is 5.32 Å². The summed E-state index contributed by atoms with van der Waals surface area (Å²) in [6, 6.07) is 2.47. The van der Waals surface area contributed by atoms with E-state index in [9.17, 15) is 0 Å². The summed E-state index contributed by atoms with van der Waals surface area (Å²) in [5.41, 5.74) is 0.944. The third kappa shape index (κ3) is 3.19. The van der Waals surface area contributed by atoms with Crippen molar-refractivity contribution in [3.63, 3.8) is 0 Å². The van der Waals surface area contributed by atoms with Crippen LogP contribution in [0.2, 0.25) is 0 Å². The summed E-state index contributed by atoms with van der Waals surface area (Å²) in [6.07, 6.45) is 1.49. The van der Waals surface area contributed by atoms with Gasteiger partial charge in [-0.1, -0.05) is 13.8 Å². The maximum Gasteiger partial charge on any atom is 0.181 e. The number of oxazole rings is 1. The van der Waals surface area contributed by atoms with Crippen molar-refractivity contribution < 1.29 is 4.42 Å². The van der Waals surface area contributed by atoms with E-state index in [1.54, 1.807) is 11.3 Å². The van der Waals surface area contributed by atoms with Crippen LogP contribution in [0.5, 0.6) is 0 Å². The lowest BCUT2D eigenvalue weighted by molar-refractivity contribution is 0.564. The molecule has 3 nitrogen and oxygen atoms in total. The molecule has 0 bridgehead atoms. The summed E-state index contributed by atoms with van der Waals surface area (Å²) < 4.78 is 7.57. The van der Waals surface area contributed by atoms with Crippen molar-refractivity contribution in [1.29, 1.82) is 0 Å². The minimum atomic E-state index is 0.432. The predicted molar refractivity (Wildman–Crippen MR) is 77.2 cm³/mol. The van der Waals surface area contributed by atoms with Crippen molar-refractivity contribution in [3.8, 4) is 10.6 Å². The van der Waals surface area contributed by atoms with Gasteiger partial charge in [0.15, 0.2) is 12.2 Å². The van der Waals surface area contributed by atoms with E-state index in [0.717, 1.165) is 31.1 Å². The molecule has 0 atom stereocenters. The Bertz CT molecular complexity index is 488. The number of nitrogens with one attached hydrogen (secondary N) is 1. The third-order valence-corrected chi connectivity index (χ3v) is 5.44. The molecule has 6 heteroatoms. The SMILES string of the molecule is CC(C)NCc1ncoc1-c1cc(Br)c(Br)s1. The van der Waals surface area contributed by atoms with Gasteiger partial charge in [-0.15, -0.1) is 11.3 Å². The second-order valence-corrected chi connectivity index (χ2v) is 7.12. The van der Waals surface area contributed by atoms with Gasteiger partial charge in [0.2, 0.25) is 0 Å². The predicted octanol–water partition coefficient (Wildman–Crippen LogP) is 4.43. The van der Waals surface area contributed by atoms with E-state index >= 15 is 0 Å². The Morgan fingerprint density at radius 1 is 1.47 bits per heavy atom. The lowest BCUT2D eigenvalue weighted by atomic mass is 10.3. The smallest absolute Gasteiger partial charge is 0.181 e. The molecule has 0 aliphatic carbocycles. The van der Waals surface area contributed by atoms with Gasteiger partial charge in [-0.25, -0.2) is 4.98 Å². The maximum atomic E-state index is 5.47. The first-order valence-electron chi connectivity index (χ1n) is 5.19. The quantitative estimate of drug-likeness (QED) is 0.853. The van der Waals surface area contributed by atoms with Gasteiger partial charge in [-0.05, 0) is 37.9 Å². The highest BCUT2D eigenvalue weighted by molar-refractivity contribution is 9.13. The topological polar surface area (TPSA) is 38.1 Å². The molecule has 2 aromatic heterocycles. The van der Waals surface area contributed by atoms with Crippen LogP contribution in [0.4, 0.5) is 0 Å². The van der Waals surface area contributed by atoms with Gasteiger partial charge < -0.3 is 9.73 Å². The fourth-order valence-electron chi connectivity index (χ4n) is 1.35. The number of hydrogen-bond acceptors (Lipinski definition) is 4. The summed E-state index contributed by atoms with van der Waals surface area (Å²) >= 11 is 8.59. The van der Waals surface area contributed by atoms with Crippen LogP contribution in [-0.4, -0.2) is 11.0 Å². The average Bonchev–Trinajstić information content (AvgIpc) is 2.83. The van der Waals surface area contributed by atoms with Crippen LogP contribution in [-0.2, 0) is 6.54 Å². The molecule has 0 saturated heterocycles. The van der Waals surface area contributed by atoms with Crippen LogP contribution in [0.3, 0.4) is 0 Å². The molecule has 1 N–H and O–H groups in total. The average molecular weight is 380 g/mol. The molecule has 0 saturated carbocycles. The van der Waals surface area contributed by atoms with Gasteiger partial charge in [0.1, 0.15) is 5.69 Å². The molecule has 0 fully saturated rings. The first kappa shape index (κ1) is 13.3. The van der Waals surface area contributed by atoms with Crippen molar-refractivity contribution in [2.24, 2.45) is 0 Å². The Kier molecular flexibility index (Phi) is 4.41. The number of hydrogen-bond donors (Lipinski definition) is 1. The van der Waals surface area contributed by atoms with Gasteiger partial charge in [-0.3, -0.25) is 0 Å². The summed E-state index contributed by atoms with van der Waals surface area (Å²) in [6.45, 7) is 4.94. The molecule has 2 heterocycles. The third-order valence-electron chi connectivity index (χ3n) is 2.19. The molecule has 0 spiro atoms. The highest BCUT2D eigenvalue weighted by Gasteiger charge is 2.15. The molecular weight excluding hydrogens is 368 g/mol. The second kappa shape index (κ2) is 5.65. The molecule has 92 valence electrons. The Labute approximate surface area is 121 Å². The monoisotopic (exact) mass is 378 g/mol. The normalized spacial score (nSPS) is 11.4. The molecule has 17 heavy (non-hydrogen) atoms. The van der Waals surface area contributed by atoms with E-state index in [-0.39, 0.29) is 0 Å². The van der Waals surface area contributed by atoms with E-state index < -0.39 is 0 Å². The van der Waals surface area contributed by atoms with E-state index in [1.165, 1.54) is 6.39 Å². The van der Waals surface area contributed by atoms with Crippen LogP contribution in [0.15, 0.2) is 25.1 Å². The van der Waals surface area contributed by atoms with Gasteiger partial charge in [0, 0.05) is 17.1 Å². The zero-order chi connectivity index (χ0) is 12.4. The Morgan fingerprint density at radius 3 is 2.82 bits per heavy atom. The van der Waals surface area contributed by atoms with Crippen molar-refractivity contribution in [2.45, 2.75) is 26.4 Å². The number of nitrogens with zero attached hydrogens (tertiary/aromatic N) is 1. The minimum absolute atomic E-state index is 0.432.